The number of rotatable bonds is 8. The zero-order chi connectivity index (χ0) is 26.0. The van der Waals surface area contributed by atoms with Gasteiger partial charge in [0.05, 0.1) is 17.6 Å². The van der Waals surface area contributed by atoms with Crippen molar-refractivity contribution in [1.29, 1.82) is 0 Å². The molecule has 0 aliphatic carbocycles. The summed E-state index contributed by atoms with van der Waals surface area (Å²) < 4.78 is 5.20. The third-order valence-electron chi connectivity index (χ3n) is 6.66. The maximum atomic E-state index is 13.6. The monoisotopic (exact) mass is 494 g/mol. The van der Waals surface area contributed by atoms with Crippen molar-refractivity contribution < 1.29 is 24.0 Å². The molecule has 3 amide bonds. The largest absolute Gasteiger partial charge is 0.497 e. The maximum absolute atomic E-state index is 13.6. The van der Waals surface area contributed by atoms with Crippen molar-refractivity contribution in [3.8, 4) is 5.75 Å². The van der Waals surface area contributed by atoms with Gasteiger partial charge in [-0.1, -0.05) is 32.0 Å². The Morgan fingerprint density at radius 3 is 2.28 bits per heavy atom. The Kier molecular flexibility index (Phi) is 7.35. The lowest BCUT2D eigenvalue weighted by molar-refractivity contribution is -0.385. The van der Waals surface area contributed by atoms with Crippen LogP contribution < -0.4 is 4.74 Å². The van der Waals surface area contributed by atoms with E-state index in [-0.39, 0.29) is 29.4 Å². The van der Waals surface area contributed by atoms with Gasteiger partial charge in [-0.05, 0) is 36.1 Å². The average Bonchev–Trinajstić information content (AvgIpc) is 3.12. The van der Waals surface area contributed by atoms with Gasteiger partial charge in [-0.15, -0.1) is 0 Å². The molecule has 2 aromatic rings. The van der Waals surface area contributed by atoms with Crippen LogP contribution in [0.1, 0.15) is 46.5 Å². The first-order valence-electron chi connectivity index (χ1n) is 12.0. The van der Waals surface area contributed by atoms with Crippen molar-refractivity contribution >= 4 is 23.4 Å². The topological polar surface area (TPSA) is 113 Å². The molecular formula is C26H30N4O6. The molecular weight excluding hydrogens is 464 g/mol. The number of hydrogen-bond acceptors (Lipinski definition) is 7. The maximum Gasteiger partial charge on any atom is 0.282 e. The van der Waals surface area contributed by atoms with Crippen molar-refractivity contribution in [2.45, 2.75) is 32.9 Å². The molecule has 0 saturated carbocycles. The van der Waals surface area contributed by atoms with Crippen LogP contribution in [0, 0.1) is 16.0 Å². The molecule has 1 saturated heterocycles. The molecule has 10 nitrogen and oxygen atoms in total. The number of piperazine rings is 1. The number of methoxy groups -OCH3 is 1. The summed E-state index contributed by atoms with van der Waals surface area (Å²) in [6.07, 6.45) is 0.282. The second-order valence-electron chi connectivity index (χ2n) is 9.53. The number of fused-ring (bicyclic) bond motifs is 1. The number of benzene rings is 2. The molecule has 1 atom stereocenters. The van der Waals surface area contributed by atoms with E-state index in [2.05, 4.69) is 4.90 Å². The molecule has 190 valence electrons. The van der Waals surface area contributed by atoms with Crippen molar-refractivity contribution in [2.75, 3.05) is 33.3 Å². The molecule has 10 heteroatoms. The van der Waals surface area contributed by atoms with Crippen LogP contribution in [-0.2, 0) is 11.3 Å². The fraction of sp³-hybridized carbons (Fsp3) is 0.423. The molecule has 36 heavy (non-hydrogen) atoms. The van der Waals surface area contributed by atoms with Crippen LogP contribution in [-0.4, -0.2) is 76.7 Å². The predicted octanol–water partition coefficient (Wildman–Crippen LogP) is 2.96. The van der Waals surface area contributed by atoms with Crippen LogP contribution in [0.2, 0.25) is 0 Å². The van der Waals surface area contributed by atoms with E-state index < -0.39 is 28.5 Å². The van der Waals surface area contributed by atoms with Crippen molar-refractivity contribution in [3.05, 3.63) is 69.3 Å². The highest BCUT2D eigenvalue weighted by Crippen LogP contribution is 2.33. The summed E-state index contributed by atoms with van der Waals surface area (Å²) in [6, 6.07) is 10.8. The van der Waals surface area contributed by atoms with E-state index in [1.54, 1.807) is 12.0 Å². The number of hydrogen-bond donors (Lipinski definition) is 0. The van der Waals surface area contributed by atoms with Gasteiger partial charge in [0, 0.05) is 38.8 Å². The Hall–Kier alpha value is -3.79. The van der Waals surface area contributed by atoms with Crippen LogP contribution in [0.3, 0.4) is 0 Å². The lowest BCUT2D eigenvalue weighted by atomic mass is 10.0. The van der Waals surface area contributed by atoms with E-state index in [4.69, 9.17) is 4.74 Å². The van der Waals surface area contributed by atoms with Gasteiger partial charge in [0.15, 0.2) is 0 Å². The molecule has 4 rings (SSSR count). The van der Waals surface area contributed by atoms with Crippen molar-refractivity contribution in [1.82, 2.24) is 14.7 Å². The molecule has 2 heterocycles. The lowest BCUT2D eigenvalue weighted by Gasteiger charge is -2.38. The predicted molar refractivity (Wildman–Crippen MR) is 132 cm³/mol. The summed E-state index contributed by atoms with van der Waals surface area (Å²) >= 11 is 0. The molecule has 2 aliphatic heterocycles. The van der Waals surface area contributed by atoms with Gasteiger partial charge >= 0.3 is 0 Å². The Labute approximate surface area is 209 Å². The molecule has 0 bridgehead atoms. The Morgan fingerprint density at radius 2 is 1.69 bits per heavy atom. The Balaban J connectivity index is 1.48. The van der Waals surface area contributed by atoms with E-state index in [1.165, 1.54) is 18.2 Å². The van der Waals surface area contributed by atoms with Crippen LogP contribution in [0.25, 0.3) is 0 Å². The summed E-state index contributed by atoms with van der Waals surface area (Å²) in [6.45, 7) is 6.80. The zero-order valence-electron chi connectivity index (χ0n) is 20.7. The van der Waals surface area contributed by atoms with Crippen LogP contribution in [0.4, 0.5) is 5.69 Å². The standard InChI is InChI=1S/C26H30N4O6/c1-17(2)15-22(29-24(31)20-5-4-6-21(30(34)35)23(20)26(29)33)25(32)28-13-11-27(12-14-28)16-18-7-9-19(36-3)10-8-18/h4-10,17,22H,11-16H2,1-3H3/t22-/m1/s1. The first-order valence-corrected chi connectivity index (χ1v) is 12.0. The summed E-state index contributed by atoms with van der Waals surface area (Å²) in [7, 11) is 1.63. The summed E-state index contributed by atoms with van der Waals surface area (Å²) in [5.74, 6) is -0.918. The van der Waals surface area contributed by atoms with Gasteiger partial charge in [-0.2, -0.15) is 0 Å². The van der Waals surface area contributed by atoms with E-state index in [1.807, 2.05) is 38.1 Å². The van der Waals surface area contributed by atoms with E-state index in [9.17, 15) is 24.5 Å². The summed E-state index contributed by atoms with van der Waals surface area (Å²) in [5.41, 5.74) is 0.454. The summed E-state index contributed by atoms with van der Waals surface area (Å²) in [5, 5.41) is 11.5. The first kappa shape index (κ1) is 25.3. The summed E-state index contributed by atoms with van der Waals surface area (Å²) in [4.78, 5) is 55.8. The highest BCUT2D eigenvalue weighted by Gasteiger charge is 2.47. The van der Waals surface area contributed by atoms with E-state index in [0.717, 1.165) is 22.8 Å². The second-order valence-corrected chi connectivity index (χ2v) is 9.53. The third-order valence-corrected chi connectivity index (χ3v) is 6.66. The molecule has 2 aliphatic rings. The molecule has 0 spiro atoms. The molecule has 0 radical (unpaired) electrons. The SMILES string of the molecule is COc1ccc(CN2CCN(C(=O)[C@@H](CC(C)C)N3C(=O)c4cccc([N+](=O)[O-])c4C3=O)CC2)cc1. The molecule has 0 N–H and O–H groups in total. The fourth-order valence-electron chi connectivity index (χ4n) is 4.81. The minimum atomic E-state index is -1.01. The number of nitrogens with zero attached hydrogens (tertiary/aromatic N) is 4. The van der Waals surface area contributed by atoms with Gasteiger partial charge in [0.2, 0.25) is 5.91 Å². The highest BCUT2D eigenvalue weighted by atomic mass is 16.6. The number of carbonyl (C=O) groups excluding carboxylic acids is 3. The van der Waals surface area contributed by atoms with Crippen LogP contribution in [0.15, 0.2) is 42.5 Å². The van der Waals surface area contributed by atoms with Gasteiger partial charge in [-0.25, -0.2) is 0 Å². The third kappa shape index (κ3) is 4.94. The fourth-order valence-corrected chi connectivity index (χ4v) is 4.81. The van der Waals surface area contributed by atoms with Crippen molar-refractivity contribution in [2.24, 2.45) is 5.92 Å². The number of amides is 3. The number of ether oxygens (including phenoxy) is 1. The number of nitro groups is 1. The molecule has 2 aromatic carbocycles. The minimum absolute atomic E-state index is 0.0228. The Morgan fingerprint density at radius 1 is 1.03 bits per heavy atom. The van der Waals surface area contributed by atoms with Gasteiger partial charge in [0.25, 0.3) is 17.5 Å². The van der Waals surface area contributed by atoms with Gasteiger partial charge in [-0.3, -0.25) is 34.3 Å². The smallest absolute Gasteiger partial charge is 0.282 e. The van der Waals surface area contributed by atoms with Crippen LogP contribution >= 0.6 is 0 Å². The first-order chi connectivity index (χ1) is 17.2. The number of imide groups is 1. The number of nitro benzene ring substituents is 1. The lowest BCUT2D eigenvalue weighted by Crippen LogP contribution is -2.56. The van der Waals surface area contributed by atoms with E-state index >= 15 is 0 Å². The quantitative estimate of drug-likeness (QED) is 0.315. The molecule has 0 unspecified atom stereocenters. The van der Waals surface area contributed by atoms with Crippen LogP contribution in [0.5, 0.6) is 5.75 Å². The normalized spacial score (nSPS) is 16.9. The molecule has 0 aromatic heterocycles. The Bertz CT molecular complexity index is 1170. The number of carbonyl (C=O) groups is 3. The zero-order valence-corrected chi connectivity index (χ0v) is 20.7. The average molecular weight is 495 g/mol. The van der Waals surface area contributed by atoms with E-state index in [0.29, 0.717) is 26.2 Å². The minimum Gasteiger partial charge on any atom is -0.497 e. The highest BCUT2D eigenvalue weighted by molar-refractivity contribution is 6.24. The van der Waals surface area contributed by atoms with Gasteiger partial charge < -0.3 is 9.64 Å². The second kappa shape index (κ2) is 10.4. The van der Waals surface area contributed by atoms with Crippen molar-refractivity contribution in [3.63, 3.8) is 0 Å². The van der Waals surface area contributed by atoms with Gasteiger partial charge in [0.1, 0.15) is 17.4 Å². The molecule has 1 fully saturated rings.